The van der Waals surface area contributed by atoms with Gasteiger partial charge in [0.2, 0.25) is 0 Å². The standard InChI is InChI=1S/C36H58O4/c1-3-5-7-9-11-13-15-17-19-21-23-25-27-29-31-33-35(37)39-40-36(38)34-32-30-28-26-24-22-20-18-16-14-12-10-8-6-4-2/h5-8,11-14,17-20H,3-4,9-10,15-16,21-34H2,1-2H3/b7-5-,8-6-,13-11-,14-12-,19-17-,20-18-. The summed E-state index contributed by atoms with van der Waals surface area (Å²) in [5.74, 6) is -0.905. The Bertz CT molecular complexity index is 691. The second kappa shape index (κ2) is 32.6. The molecule has 0 radical (unpaired) electrons. The van der Waals surface area contributed by atoms with Crippen LogP contribution in [0.25, 0.3) is 0 Å². The van der Waals surface area contributed by atoms with E-state index >= 15 is 0 Å². The summed E-state index contributed by atoms with van der Waals surface area (Å²) in [6, 6.07) is 0. The van der Waals surface area contributed by atoms with E-state index in [1.165, 1.54) is 12.8 Å². The number of unbranched alkanes of at least 4 members (excludes halogenated alkanes) is 10. The topological polar surface area (TPSA) is 52.6 Å². The Morgan fingerprint density at radius 3 is 1.07 bits per heavy atom. The normalized spacial score (nSPS) is 12.3. The maximum atomic E-state index is 11.8. The first-order valence-electron chi connectivity index (χ1n) is 16.0. The predicted octanol–water partition coefficient (Wildman–Crippen LogP) is 11.2. The van der Waals surface area contributed by atoms with E-state index < -0.39 is 11.9 Å². The first kappa shape index (κ1) is 37.4. The fourth-order valence-corrected chi connectivity index (χ4v) is 3.95. The monoisotopic (exact) mass is 554 g/mol. The summed E-state index contributed by atoms with van der Waals surface area (Å²) in [7, 11) is 0. The van der Waals surface area contributed by atoms with E-state index in [9.17, 15) is 9.59 Å². The molecule has 40 heavy (non-hydrogen) atoms. The third-order valence-electron chi connectivity index (χ3n) is 6.29. The van der Waals surface area contributed by atoms with E-state index in [1.807, 2.05) is 0 Å². The lowest BCUT2D eigenvalue weighted by Crippen LogP contribution is -2.11. The summed E-state index contributed by atoms with van der Waals surface area (Å²) in [4.78, 5) is 32.9. The molecule has 0 aliphatic carbocycles. The molecule has 0 heterocycles. The minimum Gasteiger partial charge on any atom is -0.247 e. The zero-order valence-electron chi connectivity index (χ0n) is 25.7. The van der Waals surface area contributed by atoms with Crippen LogP contribution in [-0.2, 0) is 19.4 Å². The molecule has 4 nitrogen and oxygen atoms in total. The van der Waals surface area contributed by atoms with Gasteiger partial charge in [-0.05, 0) is 77.0 Å². The molecule has 0 aromatic carbocycles. The van der Waals surface area contributed by atoms with Crippen LogP contribution < -0.4 is 0 Å². The van der Waals surface area contributed by atoms with Crippen LogP contribution in [0.3, 0.4) is 0 Å². The van der Waals surface area contributed by atoms with Crippen LogP contribution in [0.2, 0.25) is 0 Å². The van der Waals surface area contributed by atoms with Crippen LogP contribution in [0.5, 0.6) is 0 Å². The molecule has 0 rings (SSSR count). The van der Waals surface area contributed by atoms with Crippen molar-refractivity contribution in [1.82, 2.24) is 0 Å². The highest BCUT2D eigenvalue weighted by atomic mass is 17.2. The molecule has 0 spiro atoms. The molecule has 0 saturated carbocycles. The second-order valence-electron chi connectivity index (χ2n) is 10.1. The zero-order valence-corrected chi connectivity index (χ0v) is 25.7. The highest BCUT2D eigenvalue weighted by molar-refractivity contribution is 5.72. The van der Waals surface area contributed by atoms with E-state index in [0.29, 0.717) is 12.8 Å². The van der Waals surface area contributed by atoms with Crippen LogP contribution in [0.1, 0.15) is 142 Å². The third-order valence-corrected chi connectivity index (χ3v) is 6.29. The number of rotatable bonds is 26. The van der Waals surface area contributed by atoms with Gasteiger partial charge in [-0.3, -0.25) is 0 Å². The van der Waals surface area contributed by atoms with Gasteiger partial charge in [-0.25, -0.2) is 19.4 Å². The Balaban J connectivity index is 3.45. The first-order chi connectivity index (χ1) is 19.7. The number of hydrogen-bond acceptors (Lipinski definition) is 4. The fourth-order valence-electron chi connectivity index (χ4n) is 3.95. The molecule has 0 N–H and O–H groups in total. The van der Waals surface area contributed by atoms with Crippen molar-refractivity contribution in [3.63, 3.8) is 0 Å². The molecule has 0 aromatic rings. The van der Waals surface area contributed by atoms with Crippen LogP contribution in [0.4, 0.5) is 0 Å². The number of hydrogen-bond donors (Lipinski definition) is 0. The van der Waals surface area contributed by atoms with Gasteiger partial charge in [-0.2, -0.15) is 0 Å². The summed E-state index contributed by atoms with van der Waals surface area (Å²) in [5.41, 5.74) is 0. The van der Waals surface area contributed by atoms with Gasteiger partial charge in [0.25, 0.3) is 0 Å². The van der Waals surface area contributed by atoms with Crippen LogP contribution >= 0.6 is 0 Å². The number of carbonyl (C=O) groups excluding carboxylic acids is 2. The average Bonchev–Trinajstić information content (AvgIpc) is 2.96. The summed E-state index contributed by atoms with van der Waals surface area (Å²) in [6.45, 7) is 4.30. The average molecular weight is 555 g/mol. The Labute approximate surface area is 246 Å². The van der Waals surface area contributed by atoms with Gasteiger partial charge in [-0.15, -0.1) is 0 Å². The van der Waals surface area contributed by atoms with Gasteiger partial charge in [-0.1, -0.05) is 125 Å². The molecular formula is C36H58O4. The molecule has 0 atom stereocenters. The highest BCUT2D eigenvalue weighted by Gasteiger charge is 2.09. The van der Waals surface area contributed by atoms with Crippen molar-refractivity contribution in [2.45, 2.75) is 142 Å². The maximum Gasteiger partial charge on any atom is 0.355 e. The Morgan fingerprint density at radius 2 is 0.700 bits per heavy atom. The van der Waals surface area contributed by atoms with E-state index in [4.69, 9.17) is 0 Å². The fraction of sp³-hybridized carbons (Fsp3) is 0.611. The van der Waals surface area contributed by atoms with Crippen molar-refractivity contribution in [1.29, 1.82) is 0 Å². The Hall–Kier alpha value is -2.62. The minimum absolute atomic E-state index is 0.300. The van der Waals surface area contributed by atoms with E-state index in [-0.39, 0.29) is 0 Å². The smallest absolute Gasteiger partial charge is 0.247 e. The summed E-state index contributed by atoms with van der Waals surface area (Å²) in [6.07, 6.45) is 46.1. The molecule has 0 saturated heterocycles. The van der Waals surface area contributed by atoms with Gasteiger partial charge in [0, 0.05) is 0 Å². The van der Waals surface area contributed by atoms with Crippen molar-refractivity contribution < 1.29 is 19.4 Å². The molecule has 0 aromatic heterocycles. The number of carbonyl (C=O) groups is 2. The van der Waals surface area contributed by atoms with Crippen molar-refractivity contribution in [2.24, 2.45) is 0 Å². The van der Waals surface area contributed by atoms with Crippen LogP contribution in [0, 0.1) is 0 Å². The van der Waals surface area contributed by atoms with E-state index in [1.54, 1.807) is 0 Å². The minimum atomic E-state index is -0.452. The van der Waals surface area contributed by atoms with Gasteiger partial charge < -0.3 is 0 Å². The highest BCUT2D eigenvalue weighted by Crippen LogP contribution is 2.10. The molecule has 0 unspecified atom stereocenters. The molecule has 4 heteroatoms. The SMILES string of the molecule is CC/C=C\C/C=C\C/C=C\CCCCCCCC(=O)OOC(=O)CCCCCCC/C=C\C/C=C\C/C=C\CC. The number of allylic oxidation sites excluding steroid dienone is 12. The molecule has 0 fully saturated rings. The Kier molecular flexibility index (Phi) is 30.5. The zero-order chi connectivity index (χ0) is 29.2. The van der Waals surface area contributed by atoms with Gasteiger partial charge in [0.05, 0.1) is 12.8 Å². The van der Waals surface area contributed by atoms with Crippen molar-refractivity contribution in [2.75, 3.05) is 0 Å². The predicted molar refractivity (Wildman–Crippen MR) is 171 cm³/mol. The van der Waals surface area contributed by atoms with Crippen LogP contribution in [-0.4, -0.2) is 11.9 Å². The lowest BCUT2D eigenvalue weighted by atomic mass is 10.1. The van der Waals surface area contributed by atoms with Crippen molar-refractivity contribution in [3.8, 4) is 0 Å². The largest absolute Gasteiger partial charge is 0.355 e. The molecule has 0 aliphatic heterocycles. The lowest BCUT2D eigenvalue weighted by Gasteiger charge is -2.04. The lowest BCUT2D eigenvalue weighted by molar-refractivity contribution is -0.259. The quantitative estimate of drug-likeness (QED) is 0.0462. The molecule has 0 amide bonds. The van der Waals surface area contributed by atoms with Crippen molar-refractivity contribution >= 4 is 11.9 Å². The summed E-state index contributed by atoms with van der Waals surface area (Å²) < 4.78 is 0. The Morgan fingerprint density at radius 1 is 0.400 bits per heavy atom. The summed E-state index contributed by atoms with van der Waals surface area (Å²) >= 11 is 0. The molecule has 226 valence electrons. The van der Waals surface area contributed by atoms with Crippen molar-refractivity contribution in [3.05, 3.63) is 72.9 Å². The molecule has 0 bridgehead atoms. The maximum absolute atomic E-state index is 11.8. The first-order valence-corrected chi connectivity index (χ1v) is 16.0. The van der Waals surface area contributed by atoms with Gasteiger partial charge in [0.15, 0.2) is 0 Å². The third kappa shape index (κ3) is 31.6. The van der Waals surface area contributed by atoms with E-state index in [2.05, 4.69) is 96.5 Å². The van der Waals surface area contributed by atoms with Gasteiger partial charge >= 0.3 is 11.9 Å². The molecular weight excluding hydrogens is 496 g/mol. The second-order valence-corrected chi connectivity index (χ2v) is 10.1. The van der Waals surface area contributed by atoms with E-state index in [0.717, 1.165) is 103 Å². The molecule has 0 aliphatic rings. The van der Waals surface area contributed by atoms with Gasteiger partial charge in [0.1, 0.15) is 0 Å². The summed E-state index contributed by atoms with van der Waals surface area (Å²) in [5, 5.41) is 0. The van der Waals surface area contributed by atoms with Crippen LogP contribution in [0.15, 0.2) is 72.9 Å².